The first-order valence-corrected chi connectivity index (χ1v) is 6.79. The van der Waals surface area contributed by atoms with Gasteiger partial charge in [-0.15, -0.1) is 6.42 Å². The van der Waals surface area contributed by atoms with E-state index in [1.807, 2.05) is 0 Å². The average molecular weight is 278 g/mol. The van der Waals surface area contributed by atoms with Crippen molar-refractivity contribution in [2.45, 2.75) is 31.7 Å². The molecule has 1 N–H and O–H groups in total. The molecule has 0 bridgehead atoms. The van der Waals surface area contributed by atoms with Gasteiger partial charge in [-0.25, -0.2) is 0 Å². The van der Waals surface area contributed by atoms with Crippen LogP contribution >= 0.6 is 0 Å². The van der Waals surface area contributed by atoms with Gasteiger partial charge in [-0.3, -0.25) is 14.4 Å². The summed E-state index contributed by atoms with van der Waals surface area (Å²) >= 11 is 0. The molecule has 0 spiro atoms. The molecule has 6 heteroatoms. The second-order valence-electron chi connectivity index (χ2n) is 5.26. The van der Waals surface area contributed by atoms with Crippen LogP contribution in [0, 0.1) is 18.3 Å². The molecule has 1 unspecified atom stereocenters. The lowest BCUT2D eigenvalue weighted by molar-refractivity contribution is -0.148. The number of carbonyl (C=O) groups excluding carboxylic acids is 2. The molecule has 1 aliphatic heterocycles. The highest BCUT2D eigenvalue weighted by Gasteiger charge is 2.42. The van der Waals surface area contributed by atoms with Gasteiger partial charge in [0, 0.05) is 12.5 Å². The molecular weight excluding hydrogens is 260 g/mol. The first-order valence-electron chi connectivity index (χ1n) is 6.79. The van der Waals surface area contributed by atoms with Gasteiger partial charge >= 0.3 is 5.97 Å². The molecule has 20 heavy (non-hydrogen) atoms. The first kappa shape index (κ1) is 14.4. The van der Waals surface area contributed by atoms with Crippen molar-refractivity contribution >= 4 is 17.8 Å². The van der Waals surface area contributed by atoms with E-state index < -0.39 is 18.6 Å². The van der Waals surface area contributed by atoms with Crippen LogP contribution in [0.15, 0.2) is 0 Å². The molecule has 0 radical (unpaired) electrons. The van der Waals surface area contributed by atoms with E-state index in [4.69, 9.17) is 11.5 Å². The van der Waals surface area contributed by atoms with Crippen molar-refractivity contribution in [2.75, 3.05) is 19.6 Å². The van der Waals surface area contributed by atoms with Crippen molar-refractivity contribution in [3.8, 4) is 12.3 Å². The summed E-state index contributed by atoms with van der Waals surface area (Å²) in [5, 5.41) is 8.83. The SMILES string of the molecule is C#CCN(CC(=O)O)C(=O)C1CCCN1C(=O)C1CC1. The van der Waals surface area contributed by atoms with Gasteiger partial charge < -0.3 is 14.9 Å². The molecule has 2 amide bonds. The number of hydrogen-bond donors (Lipinski definition) is 1. The van der Waals surface area contributed by atoms with Crippen LogP contribution < -0.4 is 0 Å². The van der Waals surface area contributed by atoms with Gasteiger partial charge in [-0.05, 0) is 25.7 Å². The van der Waals surface area contributed by atoms with Gasteiger partial charge in [-0.2, -0.15) is 0 Å². The Morgan fingerprint density at radius 3 is 2.55 bits per heavy atom. The molecule has 2 aliphatic rings. The third-order valence-electron chi connectivity index (χ3n) is 3.67. The summed E-state index contributed by atoms with van der Waals surface area (Å²) in [5.74, 6) is 0.924. The van der Waals surface area contributed by atoms with Gasteiger partial charge in [0.2, 0.25) is 11.8 Å². The van der Waals surface area contributed by atoms with Crippen LogP contribution in [-0.4, -0.2) is 58.4 Å². The van der Waals surface area contributed by atoms with Crippen molar-refractivity contribution < 1.29 is 19.5 Å². The topological polar surface area (TPSA) is 77.9 Å². The van der Waals surface area contributed by atoms with Crippen LogP contribution in [0.2, 0.25) is 0 Å². The number of terminal acetylenes is 1. The Balaban J connectivity index is 2.06. The maximum atomic E-state index is 12.4. The fourth-order valence-electron chi connectivity index (χ4n) is 2.55. The van der Waals surface area contributed by atoms with E-state index in [-0.39, 0.29) is 24.3 Å². The smallest absolute Gasteiger partial charge is 0.323 e. The molecule has 2 rings (SSSR count). The number of rotatable bonds is 5. The minimum atomic E-state index is -1.10. The van der Waals surface area contributed by atoms with Crippen LogP contribution in [0.4, 0.5) is 0 Å². The molecule has 1 heterocycles. The van der Waals surface area contributed by atoms with E-state index >= 15 is 0 Å². The maximum Gasteiger partial charge on any atom is 0.323 e. The molecule has 1 saturated heterocycles. The fourth-order valence-corrected chi connectivity index (χ4v) is 2.55. The standard InChI is InChI=1S/C14H18N2O4/c1-2-7-15(9-12(17)18)14(20)11-4-3-8-16(11)13(19)10-5-6-10/h1,10-11H,3-9H2,(H,17,18). The zero-order valence-electron chi connectivity index (χ0n) is 11.2. The van der Waals surface area contributed by atoms with Crippen LogP contribution in [-0.2, 0) is 14.4 Å². The predicted octanol–water partition coefficient (Wildman–Crippen LogP) is -0.0662. The van der Waals surface area contributed by atoms with E-state index in [1.54, 1.807) is 4.90 Å². The zero-order chi connectivity index (χ0) is 14.7. The Kier molecular flexibility index (Phi) is 4.28. The lowest BCUT2D eigenvalue weighted by atomic mass is 10.1. The highest BCUT2D eigenvalue weighted by Crippen LogP contribution is 2.34. The molecule has 108 valence electrons. The number of likely N-dealkylation sites (tertiary alicyclic amines) is 1. The lowest BCUT2D eigenvalue weighted by Crippen LogP contribution is -2.49. The van der Waals surface area contributed by atoms with E-state index in [0.717, 1.165) is 24.2 Å². The summed E-state index contributed by atoms with van der Waals surface area (Å²) in [6.07, 6.45) is 8.30. The summed E-state index contributed by atoms with van der Waals surface area (Å²) in [7, 11) is 0. The highest BCUT2D eigenvalue weighted by molar-refractivity contribution is 5.91. The Labute approximate surface area is 117 Å². The quantitative estimate of drug-likeness (QED) is 0.714. The summed E-state index contributed by atoms with van der Waals surface area (Å²) in [5.41, 5.74) is 0. The normalized spacial score (nSPS) is 21.4. The summed E-state index contributed by atoms with van der Waals surface area (Å²) in [4.78, 5) is 38.1. The minimum absolute atomic E-state index is 0.0248. The van der Waals surface area contributed by atoms with Gasteiger partial charge in [0.1, 0.15) is 12.6 Å². The molecular formula is C14H18N2O4. The van der Waals surface area contributed by atoms with Gasteiger partial charge in [-0.1, -0.05) is 5.92 Å². The monoisotopic (exact) mass is 278 g/mol. The molecule has 0 aromatic rings. The van der Waals surface area contributed by atoms with Crippen LogP contribution in [0.3, 0.4) is 0 Å². The minimum Gasteiger partial charge on any atom is -0.480 e. The molecule has 2 fully saturated rings. The van der Waals surface area contributed by atoms with Gasteiger partial charge in [0.15, 0.2) is 0 Å². The largest absolute Gasteiger partial charge is 0.480 e. The van der Waals surface area contributed by atoms with Crippen molar-refractivity contribution in [3.05, 3.63) is 0 Å². The Morgan fingerprint density at radius 1 is 1.30 bits per heavy atom. The zero-order valence-corrected chi connectivity index (χ0v) is 11.2. The second-order valence-corrected chi connectivity index (χ2v) is 5.26. The van der Waals surface area contributed by atoms with E-state index in [9.17, 15) is 14.4 Å². The number of aliphatic carboxylic acids is 1. The number of nitrogens with zero attached hydrogens (tertiary/aromatic N) is 2. The molecule has 1 atom stereocenters. The number of amides is 2. The van der Waals surface area contributed by atoms with Crippen molar-refractivity contribution in [1.29, 1.82) is 0 Å². The third kappa shape index (κ3) is 3.10. The van der Waals surface area contributed by atoms with Crippen LogP contribution in [0.1, 0.15) is 25.7 Å². The van der Waals surface area contributed by atoms with Crippen molar-refractivity contribution in [2.24, 2.45) is 5.92 Å². The summed E-state index contributed by atoms with van der Waals surface area (Å²) in [6, 6.07) is -0.546. The molecule has 6 nitrogen and oxygen atoms in total. The van der Waals surface area contributed by atoms with Crippen molar-refractivity contribution in [1.82, 2.24) is 9.80 Å². The molecule has 1 aliphatic carbocycles. The second kappa shape index (κ2) is 5.95. The summed E-state index contributed by atoms with van der Waals surface area (Å²) in [6.45, 7) is 0.0980. The fraction of sp³-hybridized carbons (Fsp3) is 0.643. The van der Waals surface area contributed by atoms with Gasteiger partial charge in [0.25, 0.3) is 0 Å². The average Bonchev–Trinajstić information content (AvgIpc) is 3.13. The number of carboxylic acids is 1. The van der Waals surface area contributed by atoms with Gasteiger partial charge in [0.05, 0.1) is 6.54 Å². The predicted molar refractivity (Wildman–Crippen MR) is 70.5 cm³/mol. The first-order chi connectivity index (χ1) is 9.54. The lowest BCUT2D eigenvalue weighted by Gasteiger charge is -2.28. The number of hydrogen-bond acceptors (Lipinski definition) is 3. The van der Waals surface area contributed by atoms with Crippen LogP contribution in [0.25, 0.3) is 0 Å². The Hall–Kier alpha value is -2.03. The number of carbonyl (C=O) groups is 3. The van der Waals surface area contributed by atoms with E-state index in [0.29, 0.717) is 13.0 Å². The molecule has 0 aromatic heterocycles. The summed E-state index contributed by atoms with van der Waals surface area (Å²) < 4.78 is 0. The Bertz CT molecular complexity index is 464. The van der Waals surface area contributed by atoms with Crippen LogP contribution in [0.5, 0.6) is 0 Å². The van der Waals surface area contributed by atoms with E-state index in [1.165, 1.54) is 0 Å². The molecule has 1 saturated carbocycles. The van der Waals surface area contributed by atoms with E-state index in [2.05, 4.69) is 5.92 Å². The number of carboxylic acid groups (broad SMARTS) is 1. The highest BCUT2D eigenvalue weighted by atomic mass is 16.4. The third-order valence-corrected chi connectivity index (χ3v) is 3.67. The molecule has 0 aromatic carbocycles. The Morgan fingerprint density at radius 2 is 2.00 bits per heavy atom. The maximum absolute atomic E-state index is 12.4. The van der Waals surface area contributed by atoms with Crippen molar-refractivity contribution in [3.63, 3.8) is 0 Å².